The maximum absolute atomic E-state index is 13.0. The summed E-state index contributed by atoms with van der Waals surface area (Å²) in [6, 6.07) is 3.00. The third-order valence-corrected chi connectivity index (χ3v) is 1.91. The van der Waals surface area contributed by atoms with E-state index in [2.05, 4.69) is 5.32 Å². The summed E-state index contributed by atoms with van der Waals surface area (Å²) in [5.74, 6) is -1.45. The number of halogens is 5. The average molecular weight is 239 g/mol. The van der Waals surface area contributed by atoms with Gasteiger partial charge in [-0.25, -0.2) is 8.78 Å². The molecular formula is C10H10F5N. The second-order valence-electron chi connectivity index (χ2n) is 3.28. The minimum atomic E-state index is -4.28. The van der Waals surface area contributed by atoms with Crippen LogP contribution in [0.2, 0.25) is 0 Å². The van der Waals surface area contributed by atoms with E-state index in [1.165, 1.54) is 6.07 Å². The molecule has 0 atom stereocenters. The Morgan fingerprint density at radius 3 is 2.38 bits per heavy atom. The van der Waals surface area contributed by atoms with Crippen molar-refractivity contribution in [1.82, 2.24) is 5.32 Å². The maximum atomic E-state index is 13.0. The number of hydrogen-bond donors (Lipinski definition) is 1. The molecule has 1 aromatic carbocycles. The molecule has 0 saturated carbocycles. The van der Waals surface area contributed by atoms with Crippen LogP contribution in [0.25, 0.3) is 0 Å². The van der Waals surface area contributed by atoms with Gasteiger partial charge in [-0.3, -0.25) is 0 Å². The number of nitrogens with one attached hydrogen (secondary N) is 1. The molecule has 0 heterocycles. The summed E-state index contributed by atoms with van der Waals surface area (Å²) in [5, 5.41) is 2.13. The van der Waals surface area contributed by atoms with Crippen LogP contribution in [0.3, 0.4) is 0 Å². The van der Waals surface area contributed by atoms with E-state index < -0.39 is 24.4 Å². The van der Waals surface area contributed by atoms with Crippen LogP contribution in [0.1, 0.15) is 5.56 Å². The molecule has 90 valence electrons. The lowest BCUT2D eigenvalue weighted by Crippen LogP contribution is -2.30. The molecule has 16 heavy (non-hydrogen) atoms. The molecule has 0 amide bonds. The molecule has 0 spiro atoms. The Labute approximate surface area is 89.3 Å². The first-order chi connectivity index (χ1) is 7.38. The summed E-state index contributed by atoms with van der Waals surface area (Å²) >= 11 is 0. The fourth-order valence-corrected chi connectivity index (χ4v) is 1.18. The quantitative estimate of drug-likeness (QED) is 0.629. The number of alkyl halides is 3. The van der Waals surface area contributed by atoms with Crippen LogP contribution >= 0.6 is 0 Å². The molecule has 1 nitrogen and oxygen atoms in total. The first-order valence-corrected chi connectivity index (χ1v) is 4.60. The van der Waals surface area contributed by atoms with Gasteiger partial charge < -0.3 is 5.32 Å². The third-order valence-electron chi connectivity index (χ3n) is 1.91. The lowest BCUT2D eigenvalue weighted by Gasteiger charge is -2.08. The maximum Gasteiger partial charge on any atom is 0.401 e. The van der Waals surface area contributed by atoms with E-state index >= 15 is 0 Å². The van der Waals surface area contributed by atoms with Crippen molar-refractivity contribution in [3.63, 3.8) is 0 Å². The summed E-state index contributed by atoms with van der Waals surface area (Å²) in [6.45, 7) is -1.13. The molecule has 6 heteroatoms. The highest BCUT2D eigenvalue weighted by atomic mass is 19.4. The highest BCUT2D eigenvalue weighted by molar-refractivity contribution is 5.18. The zero-order valence-electron chi connectivity index (χ0n) is 8.24. The molecule has 1 aromatic rings. The predicted molar refractivity (Wildman–Crippen MR) is 49.0 cm³/mol. The number of benzene rings is 1. The van der Waals surface area contributed by atoms with Gasteiger partial charge in [0.15, 0.2) is 0 Å². The fraction of sp³-hybridized carbons (Fsp3) is 0.400. The van der Waals surface area contributed by atoms with E-state index in [0.717, 1.165) is 6.07 Å². The molecule has 1 rings (SSSR count). The van der Waals surface area contributed by atoms with Crippen LogP contribution in [0, 0.1) is 11.6 Å². The minimum Gasteiger partial charge on any atom is -0.308 e. The second kappa shape index (κ2) is 5.25. The Morgan fingerprint density at radius 1 is 1.12 bits per heavy atom. The monoisotopic (exact) mass is 239 g/mol. The molecule has 0 unspecified atom stereocenters. The molecular weight excluding hydrogens is 229 g/mol. The van der Waals surface area contributed by atoms with Gasteiger partial charge in [0.1, 0.15) is 11.6 Å². The van der Waals surface area contributed by atoms with Crippen LogP contribution < -0.4 is 5.32 Å². The smallest absolute Gasteiger partial charge is 0.308 e. The van der Waals surface area contributed by atoms with Crippen molar-refractivity contribution in [3.8, 4) is 0 Å². The molecule has 0 aliphatic carbocycles. The van der Waals surface area contributed by atoms with Gasteiger partial charge in [-0.05, 0) is 24.6 Å². The summed E-state index contributed by atoms with van der Waals surface area (Å²) in [6.07, 6.45) is -4.19. The van der Waals surface area contributed by atoms with E-state index in [4.69, 9.17) is 0 Å². The fourth-order valence-electron chi connectivity index (χ4n) is 1.18. The Kier molecular flexibility index (Phi) is 4.23. The van der Waals surface area contributed by atoms with Gasteiger partial charge in [-0.15, -0.1) is 0 Å². The summed E-state index contributed by atoms with van der Waals surface area (Å²) in [7, 11) is 0. The summed E-state index contributed by atoms with van der Waals surface area (Å²) in [5.41, 5.74) is 0.191. The van der Waals surface area contributed by atoms with Gasteiger partial charge in [0.2, 0.25) is 0 Å². The van der Waals surface area contributed by atoms with Crippen molar-refractivity contribution in [1.29, 1.82) is 0 Å². The Hall–Kier alpha value is -1.17. The van der Waals surface area contributed by atoms with E-state index in [1.54, 1.807) is 0 Å². The summed E-state index contributed by atoms with van der Waals surface area (Å²) < 4.78 is 60.7. The van der Waals surface area contributed by atoms with Crippen molar-refractivity contribution >= 4 is 0 Å². The van der Waals surface area contributed by atoms with Crippen LogP contribution in [-0.4, -0.2) is 19.3 Å². The van der Waals surface area contributed by atoms with Crippen molar-refractivity contribution in [3.05, 3.63) is 35.4 Å². The highest BCUT2D eigenvalue weighted by Crippen LogP contribution is 2.13. The molecule has 0 aliphatic rings. The normalized spacial score (nSPS) is 11.8. The molecule has 0 aromatic heterocycles. The Morgan fingerprint density at radius 2 is 1.81 bits per heavy atom. The predicted octanol–water partition coefficient (Wildman–Crippen LogP) is 2.66. The second-order valence-corrected chi connectivity index (χ2v) is 3.28. The van der Waals surface area contributed by atoms with Crippen LogP contribution in [0.15, 0.2) is 18.2 Å². The molecule has 0 fully saturated rings. The van der Waals surface area contributed by atoms with Crippen molar-refractivity contribution in [2.75, 3.05) is 13.1 Å². The van der Waals surface area contributed by atoms with Gasteiger partial charge in [-0.2, -0.15) is 13.2 Å². The van der Waals surface area contributed by atoms with Gasteiger partial charge >= 0.3 is 6.18 Å². The lowest BCUT2D eigenvalue weighted by molar-refractivity contribution is -0.124. The first-order valence-electron chi connectivity index (χ1n) is 4.60. The Balaban J connectivity index is 2.38. The van der Waals surface area contributed by atoms with E-state index in [-0.39, 0.29) is 18.5 Å². The molecule has 0 saturated heterocycles. The number of rotatable bonds is 4. The van der Waals surface area contributed by atoms with Gasteiger partial charge in [0, 0.05) is 6.07 Å². The van der Waals surface area contributed by atoms with E-state index in [0.29, 0.717) is 6.07 Å². The molecule has 0 aliphatic heterocycles. The van der Waals surface area contributed by atoms with Crippen LogP contribution in [-0.2, 0) is 6.42 Å². The lowest BCUT2D eigenvalue weighted by atomic mass is 10.1. The zero-order chi connectivity index (χ0) is 12.2. The van der Waals surface area contributed by atoms with Crippen LogP contribution in [0.4, 0.5) is 22.0 Å². The van der Waals surface area contributed by atoms with Crippen molar-refractivity contribution in [2.24, 2.45) is 0 Å². The zero-order valence-corrected chi connectivity index (χ0v) is 8.24. The van der Waals surface area contributed by atoms with E-state index in [9.17, 15) is 22.0 Å². The van der Waals surface area contributed by atoms with E-state index in [1.807, 2.05) is 0 Å². The van der Waals surface area contributed by atoms with Gasteiger partial charge in [0.05, 0.1) is 6.54 Å². The largest absolute Gasteiger partial charge is 0.401 e. The highest BCUT2D eigenvalue weighted by Gasteiger charge is 2.25. The van der Waals surface area contributed by atoms with Crippen molar-refractivity contribution < 1.29 is 22.0 Å². The molecule has 0 bridgehead atoms. The Bertz CT molecular complexity index is 348. The van der Waals surface area contributed by atoms with Crippen molar-refractivity contribution in [2.45, 2.75) is 12.6 Å². The summed E-state index contributed by atoms with van der Waals surface area (Å²) in [4.78, 5) is 0. The number of hydrogen-bond acceptors (Lipinski definition) is 1. The van der Waals surface area contributed by atoms with Gasteiger partial charge in [-0.1, -0.05) is 6.07 Å². The molecule has 0 radical (unpaired) electrons. The van der Waals surface area contributed by atoms with Crippen LogP contribution in [0.5, 0.6) is 0 Å². The minimum absolute atomic E-state index is 0.0118. The van der Waals surface area contributed by atoms with Gasteiger partial charge in [0.25, 0.3) is 0 Å². The third kappa shape index (κ3) is 4.57. The standard InChI is InChI=1S/C10H10F5N/c11-8-2-1-7(9(12)5-8)3-4-16-6-10(13,14)15/h1-2,5,16H,3-4,6H2. The molecule has 1 N–H and O–H groups in total. The average Bonchev–Trinajstić information content (AvgIpc) is 2.13. The SMILES string of the molecule is Fc1ccc(CCNCC(F)(F)F)c(F)c1. The topological polar surface area (TPSA) is 12.0 Å². The first kappa shape index (κ1) is 12.9.